The molecule has 1 aromatic rings. The maximum atomic E-state index is 12.3. The van der Waals surface area contributed by atoms with Gasteiger partial charge < -0.3 is 15.2 Å². The van der Waals surface area contributed by atoms with Crippen LogP contribution >= 0.6 is 0 Å². The lowest BCUT2D eigenvalue weighted by Gasteiger charge is -2.26. The van der Waals surface area contributed by atoms with Gasteiger partial charge in [-0.05, 0) is 26.0 Å². The first-order valence-electron chi connectivity index (χ1n) is 6.04. The number of hydrogen-bond donors (Lipinski definition) is 2. The number of ether oxygens (including phenoxy) is 1. The molecule has 0 aromatic heterocycles. The summed E-state index contributed by atoms with van der Waals surface area (Å²) in [6.45, 7) is 4.24. The fourth-order valence-electron chi connectivity index (χ4n) is 1.73. The number of nitrogens with one attached hydrogen (secondary N) is 1. The van der Waals surface area contributed by atoms with E-state index < -0.39 is 12.0 Å². The topological polar surface area (TPSA) is 41.5 Å². The molecule has 3 nitrogen and oxygen atoms in total. The molecule has 0 saturated carbocycles. The number of rotatable bonds is 6. The average Bonchev–Trinajstić information content (AvgIpc) is 2.27. The van der Waals surface area contributed by atoms with Gasteiger partial charge in [-0.1, -0.05) is 25.1 Å². The highest BCUT2D eigenvalue weighted by molar-refractivity contribution is 5.38. The SMILES string of the molecule is CCCNCC(C)(O)c1ccccc1OC(F)(F)F. The van der Waals surface area contributed by atoms with Crippen molar-refractivity contribution in [3.8, 4) is 5.75 Å². The van der Waals surface area contributed by atoms with E-state index in [0.717, 1.165) is 6.42 Å². The molecule has 0 radical (unpaired) electrons. The zero-order valence-corrected chi connectivity index (χ0v) is 10.9. The van der Waals surface area contributed by atoms with Crippen LogP contribution in [0.25, 0.3) is 0 Å². The summed E-state index contributed by atoms with van der Waals surface area (Å²) in [6, 6.07) is 5.61. The van der Waals surface area contributed by atoms with E-state index in [4.69, 9.17) is 0 Å². The van der Waals surface area contributed by atoms with Gasteiger partial charge >= 0.3 is 6.36 Å². The molecule has 1 rings (SSSR count). The van der Waals surface area contributed by atoms with Crippen LogP contribution < -0.4 is 10.1 Å². The Labute approximate surface area is 110 Å². The molecule has 2 N–H and O–H groups in total. The van der Waals surface area contributed by atoms with Gasteiger partial charge in [0.25, 0.3) is 0 Å². The Bertz CT molecular complexity index is 405. The van der Waals surface area contributed by atoms with Crippen molar-refractivity contribution in [1.29, 1.82) is 0 Å². The maximum Gasteiger partial charge on any atom is 0.573 e. The van der Waals surface area contributed by atoms with Gasteiger partial charge in [0.15, 0.2) is 0 Å². The smallest absolute Gasteiger partial charge is 0.405 e. The van der Waals surface area contributed by atoms with Crippen LogP contribution in [0.2, 0.25) is 0 Å². The van der Waals surface area contributed by atoms with E-state index in [0.29, 0.717) is 6.54 Å². The van der Waals surface area contributed by atoms with Crippen LogP contribution in [0.4, 0.5) is 13.2 Å². The quantitative estimate of drug-likeness (QED) is 0.786. The molecule has 0 heterocycles. The minimum Gasteiger partial charge on any atom is -0.405 e. The lowest BCUT2D eigenvalue weighted by molar-refractivity contribution is -0.275. The van der Waals surface area contributed by atoms with E-state index in [2.05, 4.69) is 10.1 Å². The molecule has 0 fully saturated rings. The summed E-state index contributed by atoms with van der Waals surface area (Å²) in [5.74, 6) is -0.377. The van der Waals surface area contributed by atoms with Crippen LogP contribution in [-0.2, 0) is 5.60 Å². The number of benzene rings is 1. The Morgan fingerprint density at radius 3 is 2.47 bits per heavy atom. The van der Waals surface area contributed by atoms with E-state index in [1.165, 1.54) is 25.1 Å². The summed E-state index contributed by atoms with van der Waals surface area (Å²) in [5.41, 5.74) is -1.33. The van der Waals surface area contributed by atoms with Gasteiger partial charge in [0.1, 0.15) is 11.4 Å². The zero-order chi connectivity index (χ0) is 14.5. The summed E-state index contributed by atoms with van der Waals surface area (Å²) in [4.78, 5) is 0. The van der Waals surface area contributed by atoms with Gasteiger partial charge in [0.05, 0.1) is 0 Å². The first-order valence-corrected chi connectivity index (χ1v) is 6.04. The minimum absolute atomic E-state index is 0.107. The molecule has 1 atom stereocenters. The van der Waals surface area contributed by atoms with Crippen LogP contribution in [0, 0.1) is 0 Å². The lowest BCUT2D eigenvalue weighted by Crippen LogP contribution is -2.36. The Kier molecular flexibility index (Phi) is 5.20. The van der Waals surface area contributed by atoms with Gasteiger partial charge in [0.2, 0.25) is 0 Å². The molecule has 0 aliphatic rings. The van der Waals surface area contributed by atoms with E-state index in [-0.39, 0.29) is 17.9 Å². The normalized spacial score (nSPS) is 15.1. The molecule has 1 unspecified atom stereocenters. The van der Waals surface area contributed by atoms with Gasteiger partial charge in [0, 0.05) is 12.1 Å². The zero-order valence-electron chi connectivity index (χ0n) is 10.9. The maximum absolute atomic E-state index is 12.3. The Morgan fingerprint density at radius 2 is 1.89 bits per heavy atom. The molecular weight excluding hydrogens is 259 g/mol. The van der Waals surface area contributed by atoms with E-state index in [1.807, 2.05) is 6.92 Å². The predicted octanol–water partition coefficient (Wildman–Crippen LogP) is 2.79. The van der Waals surface area contributed by atoms with Crippen molar-refractivity contribution in [3.05, 3.63) is 29.8 Å². The van der Waals surface area contributed by atoms with E-state index in [9.17, 15) is 18.3 Å². The summed E-state index contributed by atoms with van der Waals surface area (Å²) in [6.07, 6.45) is -3.90. The van der Waals surface area contributed by atoms with E-state index >= 15 is 0 Å². The van der Waals surface area contributed by atoms with Gasteiger partial charge in [-0.2, -0.15) is 0 Å². The van der Waals surface area contributed by atoms with Gasteiger partial charge in [-0.15, -0.1) is 13.2 Å². The number of hydrogen-bond acceptors (Lipinski definition) is 3. The first kappa shape index (κ1) is 15.8. The Morgan fingerprint density at radius 1 is 1.26 bits per heavy atom. The Hall–Kier alpha value is -1.27. The second-order valence-electron chi connectivity index (χ2n) is 4.49. The van der Waals surface area contributed by atoms with Crippen molar-refractivity contribution in [1.82, 2.24) is 5.32 Å². The van der Waals surface area contributed by atoms with Gasteiger partial charge in [-0.3, -0.25) is 0 Å². The molecule has 0 amide bonds. The third kappa shape index (κ3) is 5.08. The minimum atomic E-state index is -4.77. The van der Waals surface area contributed by atoms with Crippen LogP contribution in [0.3, 0.4) is 0 Å². The highest BCUT2D eigenvalue weighted by Crippen LogP contribution is 2.33. The fraction of sp³-hybridized carbons (Fsp3) is 0.538. The molecule has 0 bridgehead atoms. The molecule has 1 aromatic carbocycles. The third-order valence-corrected chi connectivity index (χ3v) is 2.59. The molecule has 0 aliphatic heterocycles. The summed E-state index contributed by atoms with van der Waals surface area (Å²) in [7, 11) is 0. The number of halogens is 3. The van der Waals surface area contributed by atoms with Crippen molar-refractivity contribution in [2.75, 3.05) is 13.1 Å². The molecule has 0 aliphatic carbocycles. The molecule has 108 valence electrons. The number of aliphatic hydroxyl groups is 1. The second kappa shape index (κ2) is 6.25. The third-order valence-electron chi connectivity index (χ3n) is 2.59. The Balaban J connectivity index is 2.92. The summed E-state index contributed by atoms with van der Waals surface area (Å²) < 4.78 is 40.8. The molecule has 19 heavy (non-hydrogen) atoms. The van der Waals surface area contributed by atoms with Crippen LogP contribution in [-0.4, -0.2) is 24.6 Å². The lowest BCUT2D eigenvalue weighted by atomic mass is 9.95. The van der Waals surface area contributed by atoms with Crippen molar-refractivity contribution in [2.45, 2.75) is 32.2 Å². The standard InChI is InChI=1S/C13H18F3NO2/c1-3-8-17-9-12(2,18)10-6-4-5-7-11(10)19-13(14,15)16/h4-7,17-18H,3,8-9H2,1-2H3. The molecule has 6 heteroatoms. The largest absolute Gasteiger partial charge is 0.573 e. The number of alkyl halides is 3. The van der Waals surface area contributed by atoms with Crippen molar-refractivity contribution < 1.29 is 23.0 Å². The summed E-state index contributed by atoms with van der Waals surface area (Å²) in [5, 5.41) is 13.3. The van der Waals surface area contributed by atoms with E-state index in [1.54, 1.807) is 6.07 Å². The average molecular weight is 277 g/mol. The first-order chi connectivity index (χ1) is 8.76. The highest BCUT2D eigenvalue weighted by Gasteiger charge is 2.35. The molecule has 0 saturated heterocycles. The van der Waals surface area contributed by atoms with Crippen molar-refractivity contribution >= 4 is 0 Å². The van der Waals surface area contributed by atoms with Crippen molar-refractivity contribution in [2.24, 2.45) is 0 Å². The fourth-order valence-corrected chi connectivity index (χ4v) is 1.73. The van der Waals surface area contributed by atoms with Gasteiger partial charge in [-0.25, -0.2) is 0 Å². The van der Waals surface area contributed by atoms with Crippen LogP contribution in [0.1, 0.15) is 25.8 Å². The summed E-state index contributed by atoms with van der Waals surface area (Å²) >= 11 is 0. The predicted molar refractivity (Wildman–Crippen MR) is 65.9 cm³/mol. The number of para-hydroxylation sites is 1. The second-order valence-corrected chi connectivity index (χ2v) is 4.49. The van der Waals surface area contributed by atoms with Crippen molar-refractivity contribution in [3.63, 3.8) is 0 Å². The molecule has 0 spiro atoms. The van der Waals surface area contributed by atoms with Crippen LogP contribution in [0.15, 0.2) is 24.3 Å². The molecular formula is C13H18F3NO2. The highest BCUT2D eigenvalue weighted by atomic mass is 19.4. The monoisotopic (exact) mass is 277 g/mol. The van der Waals surface area contributed by atoms with Crippen LogP contribution in [0.5, 0.6) is 5.75 Å².